The fourth-order valence-electron chi connectivity index (χ4n) is 3.97. The van der Waals surface area contributed by atoms with E-state index in [1.165, 1.54) is 11.8 Å². The minimum absolute atomic E-state index is 0. The fraction of sp³-hybridized carbons (Fsp3) is 0.308. The molecule has 0 radical (unpaired) electrons. The Bertz CT molecular complexity index is 1210. The number of aliphatic imine (C=N–C) groups is 1. The van der Waals surface area contributed by atoms with Crippen molar-refractivity contribution in [1.82, 2.24) is 9.80 Å². The first-order valence-corrected chi connectivity index (χ1v) is 12.8. The molecule has 0 fully saturated rings. The number of thioether (sulfide) groups is 1. The number of carbonyl (C=O) groups is 1. The molecule has 2 heterocycles. The second-order valence-corrected chi connectivity index (χ2v) is 10.1. The molecule has 0 saturated heterocycles. The van der Waals surface area contributed by atoms with E-state index in [1.54, 1.807) is 0 Å². The van der Waals surface area contributed by atoms with Gasteiger partial charge in [-0.25, -0.2) is 9.79 Å². The highest BCUT2D eigenvalue weighted by Crippen LogP contribution is 2.50. The van der Waals surface area contributed by atoms with Crippen LogP contribution in [-0.4, -0.2) is 54.8 Å². The second-order valence-electron chi connectivity index (χ2n) is 8.31. The molecule has 2 aliphatic rings. The highest BCUT2D eigenvalue weighted by atomic mass is 35.5. The number of likely N-dealkylation sites (N-methyl/N-ethyl adjacent to an activating group) is 1. The van der Waals surface area contributed by atoms with E-state index in [9.17, 15) is 4.79 Å². The SMILES string of the molecule is CCOc1ccccc1C1C(C(=O)OCCN(C)C)=C(C)N=C2SC(c3c(Cl)cccc3Cl)=CN21.Cl.Cl. The summed E-state index contributed by atoms with van der Waals surface area (Å²) >= 11 is 14.5. The highest BCUT2D eigenvalue weighted by Gasteiger charge is 2.41. The van der Waals surface area contributed by atoms with Gasteiger partial charge in [-0.3, -0.25) is 0 Å². The normalized spacial score (nSPS) is 16.4. The quantitative estimate of drug-likeness (QED) is 0.300. The molecule has 2 aromatic carbocycles. The van der Waals surface area contributed by atoms with Crippen molar-refractivity contribution in [2.24, 2.45) is 4.99 Å². The number of carbonyl (C=O) groups excluding carboxylic acids is 1. The van der Waals surface area contributed by atoms with Crippen LogP contribution in [0.15, 0.2) is 64.9 Å². The number of fused-ring (bicyclic) bond motifs is 1. The van der Waals surface area contributed by atoms with Crippen LogP contribution in [0.4, 0.5) is 0 Å². The first kappa shape index (κ1) is 31.3. The maximum Gasteiger partial charge on any atom is 0.338 e. The predicted octanol–water partition coefficient (Wildman–Crippen LogP) is 7.07. The van der Waals surface area contributed by atoms with Crippen LogP contribution in [0.1, 0.15) is 31.0 Å². The van der Waals surface area contributed by atoms with E-state index in [1.807, 2.05) is 86.4 Å². The Kier molecular flexibility index (Phi) is 11.7. The smallest absolute Gasteiger partial charge is 0.338 e. The summed E-state index contributed by atoms with van der Waals surface area (Å²) in [5.74, 6) is 0.307. The van der Waals surface area contributed by atoms with Gasteiger partial charge in [-0.2, -0.15) is 0 Å². The van der Waals surface area contributed by atoms with Crippen LogP contribution in [0.3, 0.4) is 0 Å². The number of allylic oxidation sites excluding steroid dienone is 1. The summed E-state index contributed by atoms with van der Waals surface area (Å²) in [5, 5.41) is 1.83. The molecule has 1 unspecified atom stereocenters. The van der Waals surface area contributed by atoms with Crippen molar-refractivity contribution < 1.29 is 14.3 Å². The molecule has 0 amide bonds. The van der Waals surface area contributed by atoms with Gasteiger partial charge in [0.1, 0.15) is 12.4 Å². The number of hydrogen-bond donors (Lipinski definition) is 0. The van der Waals surface area contributed by atoms with Crippen LogP contribution in [0.25, 0.3) is 4.91 Å². The van der Waals surface area contributed by atoms with E-state index >= 15 is 0 Å². The van der Waals surface area contributed by atoms with Gasteiger partial charge in [0.05, 0.1) is 34.0 Å². The number of hydrogen-bond acceptors (Lipinski definition) is 7. The lowest BCUT2D eigenvalue weighted by molar-refractivity contribution is -0.140. The van der Waals surface area contributed by atoms with Crippen molar-refractivity contribution in [3.8, 4) is 5.75 Å². The standard InChI is InChI=1S/C26H27Cl2N3O3S.2ClH/c1-5-33-20-12-7-6-9-17(20)24-22(25(32)34-14-13-30(3)4)16(2)29-26-31(24)15-21(35-26)23-18(27)10-8-11-19(23)28;;/h6-12,15,24H,5,13-14H2,1-4H3;2*1H. The van der Waals surface area contributed by atoms with E-state index in [0.717, 1.165) is 21.2 Å². The van der Waals surface area contributed by atoms with Gasteiger partial charge in [0.15, 0.2) is 5.17 Å². The lowest BCUT2D eigenvalue weighted by Gasteiger charge is -2.34. The Hall–Kier alpha value is -1.87. The van der Waals surface area contributed by atoms with Crippen molar-refractivity contribution in [3.05, 3.63) is 81.1 Å². The molecular formula is C26H29Cl4N3O3S. The Balaban J connectivity index is 0.00000241. The molecule has 11 heteroatoms. The van der Waals surface area contributed by atoms with Gasteiger partial charge >= 0.3 is 5.97 Å². The summed E-state index contributed by atoms with van der Waals surface area (Å²) < 4.78 is 11.6. The molecule has 2 aromatic rings. The third-order valence-electron chi connectivity index (χ3n) is 5.60. The highest BCUT2D eigenvalue weighted by molar-refractivity contribution is 8.22. The topological polar surface area (TPSA) is 54.4 Å². The number of esters is 1. The van der Waals surface area contributed by atoms with Crippen molar-refractivity contribution >= 4 is 75.8 Å². The van der Waals surface area contributed by atoms with Gasteiger partial charge in [0.2, 0.25) is 0 Å². The van der Waals surface area contributed by atoms with Crippen LogP contribution in [0, 0.1) is 0 Å². The molecule has 4 rings (SSSR count). The summed E-state index contributed by atoms with van der Waals surface area (Å²) in [6.07, 6.45) is 1.95. The Morgan fingerprint density at radius 2 is 1.78 bits per heavy atom. The zero-order valence-electron chi connectivity index (χ0n) is 20.9. The van der Waals surface area contributed by atoms with E-state index in [0.29, 0.717) is 40.2 Å². The molecule has 0 N–H and O–H groups in total. The van der Waals surface area contributed by atoms with Crippen LogP contribution >= 0.6 is 59.8 Å². The minimum Gasteiger partial charge on any atom is -0.494 e. The Morgan fingerprint density at radius 3 is 2.43 bits per heavy atom. The van der Waals surface area contributed by atoms with Crippen LogP contribution in [0.2, 0.25) is 10.0 Å². The van der Waals surface area contributed by atoms with Crippen LogP contribution in [-0.2, 0) is 9.53 Å². The van der Waals surface area contributed by atoms with Gasteiger partial charge in [-0.05, 0) is 57.9 Å². The lowest BCUT2D eigenvalue weighted by atomic mass is 9.94. The molecule has 0 aromatic heterocycles. The first-order valence-electron chi connectivity index (χ1n) is 11.3. The number of ether oxygens (including phenoxy) is 2. The van der Waals surface area contributed by atoms with Crippen molar-refractivity contribution in [1.29, 1.82) is 0 Å². The summed E-state index contributed by atoms with van der Waals surface area (Å²) in [6, 6.07) is 12.7. The van der Waals surface area contributed by atoms with E-state index in [-0.39, 0.29) is 31.4 Å². The monoisotopic (exact) mass is 603 g/mol. The number of nitrogens with zero attached hydrogens (tertiary/aromatic N) is 3. The molecule has 200 valence electrons. The van der Waals surface area contributed by atoms with E-state index < -0.39 is 12.0 Å². The molecular weight excluding hydrogens is 576 g/mol. The number of para-hydroxylation sites is 1. The van der Waals surface area contributed by atoms with Crippen molar-refractivity contribution in [3.63, 3.8) is 0 Å². The maximum absolute atomic E-state index is 13.4. The maximum atomic E-state index is 13.4. The van der Waals surface area contributed by atoms with Crippen molar-refractivity contribution in [2.45, 2.75) is 19.9 Å². The van der Waals surface area contributed by atoms with Crippen LogP contribution < -0.4 is 4.74 Å². The molecule has 0 bridgehead atoms. The van der Waals surface area contributed by atoms with Gasteiger partial charge in [-0.1, -0.05) is 47.5 Å². The number of benzene rings is 2. The van der Waals surface area contributed by atoms with Gasteiger partial charge in [-0.15, -0.1) is 24.8 Å². The summed E-state index contributed by atoms with van der Waals surface area (Å²) in [4.78, 5) is 23.0. The average molecular weight is 605 g/mol. The third kappa shape index (κ3) is 6.77. The molecule has 6 nitrogen and oxygen atoms in total. The molecule has 37 heavy (non-hydrogen) atoms. The lowest BCUT2D eigenvalue weighted by Crippen LogP contribution is -2.35. The zero-order chi connectivity index (χ0) is 25.1. The van der Waals surface area contributed by atoms with Gasteiger partial charge < -0.3 is 19.3 Å². The Labute approximate surface area is 244 Å². The number of rotatable bonds is 8. The average Bonchev–Trinajstić information content (AvgIpc) is 3.21. The summed E-state index contributed by atoms with van der Waals surface area (Å²) in [7, 11) is 3.87. The zero-order valence-corrected chi connectivity index (χ0v) is 24.8. The van der Waals surface area contributed by atoms with Crippen molar-refractivity contribution in [2.75, 3.05) is 33.9 Å². The Morgan fingerprint density at radius 1 is 1.11 bits per heavy atom. The predicted molar refractivity (Wildman–Crippen MR) is 158 cm³/mol. The largest absolute Gasteiger partial charge is 0.494 e. The summed E-state index contributed by atoms with van der Waals surface area (Å²) in [6.45, 7) is 5.18. The van der Waals surface area contributed by atoms with E-state index in [2.05, 4.69) is 0 Å². The number of halogens is 4. The number of amidine groups is 1. The molecule has 0 saturated carbocycles. The molecule has 1 atom stereocenters. The first-order chi connectivity index (χ1) is 16.8. The van der Waals surface area contributed by atoms with Gasteiger partial charge in [0.25, 0.3) is 0 Å². The summed E-state index contributed by atoms with van der Waals surface area (Å²) in [5.41, 5.74) is 2.67. The van der Waals surface area contributed by atoms with Gasteiger partial charge in [0, 0.05) is 28.8 Å². The molecule has 0 spiro atoms. The van der Waals surface area contributed by atoms with Crippen LogP contribution in [0.5, 0.6) is 5.75 Å². The van der Waals surface area contributed by atoms with E-state index in [4.69, 9.17) is 37.7 Å². The third-order valence-corrected chi connectivity index (χ3v) is 7.24. The second kappa shape index (κ2) is 13.8. The minimum atomic E-state index is -0.483. The molecule has 0 aliphatic carbocycles. The fourth-order valence-corrected chi connectivity index (χ4v) is 5.81. The molecule has 2 aliphatic heterocycles.